The fourth-order valence-corrected chi connectivity index (χ4v) is 2.64. The molecule has 212 valence electrons. The molecule has 9 heteroatoms. The molecule has 0 atom stereocenters. The fraction of sp³-hybridized carbons (Fsp3) is 0.958. The number of carboxylic acid groups (broad SMARTS) is 1. The SMILES string of the molecule is CCCCCCCCCCCCCCCCCC(=O)[O-].CC[O-].CC[O-].CC[O-].[NH4+].[NH4+].[NH4+].[NH4+]. The van der Waals surface area contributed by atoms with Gasteiger partial charge in [-0.3, -0.25) is 0 Å². The molecule has 0 aliphatic heterocycles. The van der Waals surface area contributed by atoms with Crippen molar-refractivity contribution in [1.29, 1.82) is 0 Å². The largest absolute Gasteiger partial charge is 0.855 e. The summed E-state index contributed by atoms with van der Waals surface area (Å²) < 4.78 is 0. The summed E-state index contributed by atoms with van der Waals surface area (Å²) in [6.07, 6.45) is 19.9. The third-order valence-corrected chi connectivity index (χ3v) is 3.98. The first-order chi connectivity index (χ1) is 14.0. The molecule has 0 aromatic heterocycles. The predicted octanol–water partition coefficient (Wildman–Crippen LogP) is 4.60. The van der Waals surface area contributed by atoms with Crippen LogP contribution >= 0.6 is 0 Å². The van der Waals surface area contributed by atoms with Gasteiger partial charge < -0.3 is 49.8 Å². The fourth-order valence-electron chi connectivity index (χ4n) is 2.64. The molecule has 9 nitrogen and oxygen atoms in total. The van der Waals surface area contributed by atoms with Crippen molar-refractivity contribution < 1.29 is 25.2 Å². The molecule has 0 aromatic carbocycles. The van der Waals surface area contributed by atoms with Gasteiger partial charge in [0.15, 0.2) is 0 Å². The van der Waals surface area contributed by atoms with Crippen molar-refractivity contribution in [2.45, 2.75) is 130 Å². The third-order valence-electron chi connectivity index (χ3n) is 3.98. The highest BCUT2D eigenvalue weighted by atomic mass is 16.4. The maximum atomic E-state index is 10.2. The molecule has 0 fully saturated rings. The number of hydrogen-bond donors (Lipinski definition) is 4. The molecule has 0 aliphatic carbocycles. The van der Waals surface area contributed by atoms with E-state index in [0.29, 0.717) is 0 Å². The van der Waals surface area contributed by atoms with E-state index >= 15 is 0 Å². The van der Waals surface area contributed by atoms with Crippen LogP contribution in [0.1, 0.15) is 130 Å². The second-order valence-electron chi connectivity index (χ2n) is 6.94. The number of unbranched alkanes of at least 4 members (excludes halogenated alkanes) is 14. The highest BCUT2D eigenvalue weighted by Crippen LogP contribution is 2.13. The van der Waals surface area contributed by atoms with Crippen LogP contribution in [0.15, 0.2) is 0 Å². The van der Waals surface area contributed by atoms with Gasteiger partial charge in [0.2, 0.25) is 0 Å². The Morgan fingerprint density at radius 1 is 0.455 bits per heavy atom. The van der Waals surface area contributed by atoms with Crippen molar-refractivity contribution in [2.75, 3.05) is 19.8 Å². The Morgan fingerprint density at radius 3 is 0.818 bits per heavy atom. The van der Waals surface area contributed by atoms with Crippen LogP contribution in [-0.4, -0.2) is 25.8 Å². The summed E-state index contributed by atoms with van der Waals surface area (Å²) in [4.78, 5) is 10.2. The van der Waals surface area contributed by atoms with Gasteiger partial charge in [0, 0.05) is 5.97 Å². The molecular formula is C24H66N4O5. The molecule has 0 saturated carbocycles. The Kier molecular flexibility index (Phi) is 103. The van der Waals surface area contributed by atoms with Gasteiger partial charge in [-0.2, -0.15) is 0 Å². The lowest BCUT2D eigenvalue weighted by Gasteiger charge is -2.04. The second kappa shape index (κ2) is 63.3. The average molecular weight is 491 g/mol. The van der Waals surface area contributed by atoms with Gasteiger partial charge in [-0.25, -0.2) is 0 Å². The van der Waals surface area contributed by atoms with E-state index in [2.05, 4.69) is 6.92 Å². The molecular weight excluding hydrogens is 424 g/mol. The van der Waals surface area contributed by atoms with Gasteiger partial charge >= 0.3 is 0 Å². The standard InChI is InChI=1S/C18H36O2.3C2H5O.4H3N/c1-2-3-4-5-6-7-8-9-10-11-12-13-14-15-16-17-18(19)20;3*1-2-3;;;;/h2-17H2,1H3,(H,19,20);3*2H2,1H3;4*1H3/q;3*-1;;;;/p+3. The Balaban J connectivity index is -0.0000000692. The maximum Gasteiger partial charge on any atom is 0.0414 e. The summed E-state index contributed by atoms with van der Waals surface area (Å²) in [6.45, 7) is 6.98. The first-order valence-corrected chi connectivity index (χ1v) is 12.0. The number of quaternary nitrogens is 4. The molecule has 0 saturated heterocycles. The number of aliphatic carboxylic acids is 1. The van der Waals surface area contributed by atoms with E-state index in [0.717, 1.165) is 12.8 Å². The van der Waals surface area contributed by atoms with Crippen molar-refractivity contribution in [3.63, 3.8) is 0 Å². The van der Waals surface area contributed by atoms with Gasteiger partial charge in [0.1, 0.15) is 0 Å². The number of carboxylic acids is 1. The molecule has 0 amide bonds. The van der Waals surface area contributed by atoms with E-state index < -0.39 is 5.97 Å². The van der Waals surface area contributed by atoms with E-state index in [9.17, 15) is 9.90 Å². The van der Waals surface area contributed by atoms with E-state index in [-0.39, 0.29) is 50.8 Å². The van der Waals surface area contributed by atoms with Gasteiger partial charge in [-0.15, -0.1) is 19.8 Å². The van der Waals surface area contributed by atoms with Gasteiger partial charge in [0.05, 0.1) is 0 Å². The zero-order chi connectivity index (χ0) is 23.0. The Morgan fingerprint density at radius 2 is 0.636 bits per heavy atom. The quantitative estimate of drug-likeness (QED) is 0.225. The Labute approximate surface area is 206 Å². The van der Waals surface area contributed by atoms with E-state index in [1.807, 2.05) is 0 Å². The van der Waals surface area contributed by atoms with Crippen molar-refractivity contribution in [1.82, 2.24) is 24.6 Å². The minimum Gasteiger partial charge on any atom is -0.855 e. The van der Waals surface area contributed by atoms with Crippen molar-refractivity contribution >= 4 is 5.97 Å². The van der Waals surface area contributed by atoms with E-state index in [1.165, 1.54) is 83.5 Å². The van der Waals surface area contributed by atoms with Crippen molar-refractivity contribution in [2.24, 2.45) is 0 Å². The van der Waals surface area contributed by atoms with Crippen LogP contribution in [0.5, 0.6) is 0 Å². The molecule has 16 N–H and O–H groups in total. The van der Waals surface area contributed by atoms with Gasteiger partial charge in [0.25, 0.3) is 0 Å². The number of carbonyl (C=O) groups is 1. The molecule has 0 bridgehead atoms. The highest BCUT2D eigenvalue weighted by molar-refractivity contribution is 5.63. The summed E-state index contributed by atoms with van der Waals surface area (Å²) in [6, 6.07) is 0. The lowest BCUT2D eigenvalue weighted by molar-refractivity contribution is -0.362. The average Bonchev–Trinajstić information content (AvgIpc) is 2.66. The monoisotopic (exact) mass is 491 g/mol. The minimum absolute atomic E-state index is 0. The summed E-state index contributed by atoms with van der Waals surface area (Å²) in [7, 11) is 0. The van der Waals surface area contributed by atoms with Crippen molar-refractivity contribution in [3.8, 4) is 0 Å². The first kappa shape index (κ1) is 53.5. The summed E-state index contributed by atoms with van der Waals surface area (Å²) in [5.74, 6) is -0.903. The molecule has 0 radical (unpaired) electrons. The molecule has 0 aliphatic rings. The van der Waals surface area contributed by atoms with Crippen LogP contribution in [0, 0.1) is 0 Å². The van der Waals surface area contributed by atoms with Crippen molar-refractivity contribution in [3.05, 3.63) is 0 Å². The van der Waals surface area contributed by atoms with Crippen LogP contribution in [0.4, 0.5) is 0 Å². The first-order valence-electron chi connectivity index (χ1n) is 12.0. The van der Waals surface area contributed by atoms with Gasteiger partial charge in [-0.1, -0.05) is 118 Å². The topological polar surface area (TPSA) is 255 Å². The van der Waals surface area contributed by atoms with Crippen LogP contribution in [0.2, 0.25) is 0 Å². The molecule has 33 heavy (non-hydrogen) atoms. The molecule has 0 heterocycles. The molecule has 0 rings (SSSR count). The van der Waals surface area contributed by atoms with Crippen LogP contribution in [0.25, 0.3) is 0 Å². The summed E-state index contributed by atoms with van der Waals surface area (Å²) >= 11 is 0. The maximum absolute atomic E-state index is 10.2. The Bertz CT molecular complexity index is 260. The summed E-state index contributed by atoms with van der Waals surface area (Å²) in [5.41, 5.74) is 0. The van der Waals surface area contributed by atoms with Crippen LogP contribution < -0.4 is 45.0 Å². The smallest absolute Gasteiger partial charge is 0.0414 e. The zero-order valence-corrected chi connectivity index (χ0v) is 24.0. The van der Waals surface area contributed by atoms with E-state index in [4.69, 9.17) is 15.3 Å². The highest BCUT2D eigenvalue weighted by Gasteiger charge is 1.94. The normalized spacial score (nSPS) is 8.21. The third kappa shape index (κ3) is 101. The molecule has 0 aromatic rings. The zero-order valence-electron chi connectivity index (χ0n) is 24.0. The van der Waals surface area contributed by atoms with Crippen LogP contribution in [0.3, 0.4) is 0 Å². The Hall–Kier alpha value is -0.810. The second-order valence-corrected chi connectivity index (χ2v) is 6.94. The minimum atomic E-state index is -0.903. The number of hydrogen-bond acceptors (Lipinski definition) is 5. The number of rotatable bonds is 16. The number of carbonyl (C=O) groups excluding carboxylic acids is 1. The molecule has 0 spiro atoms. The van der Waals surface area contributed by atoms with Crippen LogP contribution in [-0.2, 0) is 4.79 Å². The molecule has 0 unspecified atom stereocenters. The predicted molar refractivity (Wildman–Crippen MR) is 140 cm³/mol. The van der Waals surface area contributed by atoms with E-state index in [1.54, 1.807) is 20.8 Å². The van der Waals surface area contributed by atoms with Gasteiger partial charge in [-0.05, 0) is 12.8 Å². The summed E-state index contributed by atoms with van der Waals surface area (Å²) in [5, 5.41) is 37.0. The lowest BCUT2D eigenvalue weighted by atomic mass is 10.0. The lowest BCUT2D eigenvalue weighted by Crippen LogP contribution is -2.21.